The van der Waals surface area contributed by atoms with E-state index in [0.717, 1.165) is 18.4 Å². The van der Waals surface area contributed by atoms with Gasteiger partial charge in [0.25, 0.3) is 5.91 Å². The lowest BCUT2D eigenvalue weighted by molar-refractivity contribution is 0.0946. The summed E-state index contributed by atoms with van der Waals surface area (Å²) >= 11 is 0. The first-order valence-corrected chi connectivity index (χ1v) is 6.73. The number of ether oxygens (including phenoxy) is 1. The SMILES string of the molecule is Cn1cc(C(=O)NC2CC2)c(OCc2ccccc2)n1. The quantitative estimate of drug-likeness (QED) is 0.903. The van der Waals surface area contributed by atoms with Gasteiger partial charge >= 0.3 is 0 Å². The lowest BCUT2D eigenvalue weighted by atomic mass is 10.2. The van der Waals surface area contributed by atoms with Crippen LogP contribution in [-0.4, -0.2) is 21.7 Å². The summed E-state index contributed by atoms with van der Waals surface area (Å²) in [5, 5.41) is 7.16. The van der Waals surface area contributed by atoms with E-state index in [0.29, 0.717) is 24.1 Å². The Morgan fingerprint density at radius 1 is 1.40 bits per heavy atom. The number of nitrogens with one attached hydrogen (secondary N) is 1. The molecule has 0 unspecified atom stereocenters. The van der Waals surface area contributed by atoms with Crippen LogP contribution in [0, 0.1) is 0 Å². The largest absolute Gasteiger partial charge is 0.471 e. The molecule has 3 rings (SSSR count). The average molecular weight is 271 g/mol. The third-order valence-electron chi connectivity index (χ3n) is 3.17. The predicted molar refractivity (Wildman–Crippen MR) is 74.5 cm³/mol. The first-order valence-electron chi connectivity index (χ1n) is 6.73. The van der Waals surface area contributed by atoms with Crippen LogP contribution >= 0.6 is 0 Å². The van der Waals surface area contributed by atoms with Gasteiger partial charge in [-0.1, -0.05) is 30.3 Å². The van der Waals surface area contributed by atoms with Gasteiger partial charge in [-0.3, -0.25) is 9.48 Å². The second-order valence-corrected chi connectivity index (χ2v) is 5.04. The minimum atomic E-state index is -0.108. The van der Waals surface area contributed by atoms with Crippen molar-refractivity contribution in [1.82, 2.24) is 15.1 Å². The fraction of sp³-hybridized carbons (Fsp3) is 0.333. The van der Waals surface area contributed by atoms with Crippen LogP contribution in [-0.2, 0) is 13.7 Å². The van der Waals surface area contributed by atoms with E-state index >= 15 is 0 Å². The Balaban J connectivity index is 1.70. The van der Waals surface area contributed by atoms with Gasteiger partial charge in [0.05, 0.1) is 0 Å². The first kappa shape index (κ1) is 12.7. The third kappa shape index (κ3) is 2.99. The molecule has 0 saturated heterocycles. The number of nitrogens with zero attached hydrogens (tertiary/aromatic N) is 2. The summed E-state index contributed by atoms with van der Waals surface area (Å²) in [6.45, 7) is 0.404. The second kappa shape index (κ2) is 5.36. The highest BCUT2D eigenvalue weighted by molar-refractivity contribution is 5.96. The molecule has 0 aliphatic heterocycles. The number of benzene rings is 1. The Kier molecular flexibility index (Phi) is 3.41. The minimum Gasteiger partial charge on any atom is -0.471 e. The molecule has 104 valence electrons. The molecule has 5 heteroatoms. The van der Waals surface area contributed by atoms with Crippen molar-refractivity contribution in [2.24, 2.45) is 7.05 Å². The normalized spacial score (nSPS) is 14.1. The topological polar surface area (TPSA) is 56.2 Å². The summed E-state index contributed by atoms with van der Waals surface area (Å²) in [5.74, 6) is 0.276. The molecule has 1 saturated carbocycles. The molecule has 5 nitrogen and oxygen atoms in total. The smallest absolute Gasteiger partial charge is 0.258 e. The standard InChI is InChI=1S/C15H17N3O2/c1-18-9-13(14(19)16-12-7-8-12)15(17-18)20-10-11-5-3-2-4-6-11/h2-6,9,12H,7-8,10H2,1H3,(H,16,19). The summed E-state index contributed by atoms with van der Waals surface area (Å²) in [6.07, 6.45) is 3.82. The van der Waals surface area contributed by atoms with Crippen molar-refractivity contribution >= 4 is 5.91 Å². The summed E-state index contributed by atoms with van der Waals surface area (Å²) < 4.78 is 7.27. The molecule has 1 fully saturated rings. The van der Waals surface area contributed by atoms with Gasteiger partial charge in [-0.05, 0) is 18.4 Å². The number of amides is 1. The van der Waals surface area contributed by atoms with Crippen molar-refractivity contribution < 1.29 is 9.53 Å². The second-order valence-electron chi connectivity index (χ2n) is 5.04. The zero-order valence-corrected chi connectivity index (χ0v) is 11.4. The van der Waals surface area contributed by atoms with Crippen LogP contribution in [0.5, 0.6) is 5.88 Å². The molecule has 0 radical (unpaired) electrons. The third-order valence-corrected chi connectivity index (χ3v) is 3.17. The van der Waals surface area contributed by atoms with Gasteiger partial charge < -0.3 is 10.1 Å². The van der Waals surface area contributed by atoms with Crippen molar-refractivity contribution in [1.29, 1.82) is 0 Å². The van der Waals surface area contributed by atoms with Crippen LogP contribution in [0.2, 0.25) is 0 Å². The monoisotopic (exact) mass is 271 g/mol. The Labute approximate surface area is 117 Å². The fourth-order valence-electron chi connectivity index (χ4n) is 1.95. The molecule has 1 amide bonds. The van der Waals surface area contributed by atoms with Gasteiger partial charge in [-0.15, -0.1) is 5.10 Å². The van der Waals surface area contributed by atoms with Crippen LogP contribution in [0.25, 0.3) is 0 Å². The van der Waals surface area contributed by atoms with E-state index in [-0.39, 0.29) is 5.91 Å². The molecule has 1 aromatic carbocycles. The van der Waals surface area contributed by atoms with Gasteiger partial charge in [0.1, 0.15) is 12.2 Å². The lowest BCUT2D eigenvalue weighted by Crippen LogP contribution is -2.25. The molecular formula is C15H17N3O2. The molecule has 0 bridgehead atoms. The van der Waals surface area contributed by atoms with Crippen molar-refractivity contribution in [3.63, 3.8) is 0 Å². The molecule has 1 aliphatic carbocycles. The zero-order chi connectivity index (χ0) is 13.9. The summed E-state index contributed by atoms with van der Waals surface area (Å²) in [4.78, 5) is 12.1. The highest BCUT2D eigenvalue weighted by Crippen LogP contribution is 2.22. The van der Waals surface area contributed by atoms with E-state index < -0.39 is 0 Å². The number of carbonyl (C=O) groups is 1. The van der Waals surface area contributed by atoms with Crippen LogP contribution in [0.15, 0.2) is 36.5 Å². The van der Waals surface area contributed by atoms with Crippen LogP contribution in [0.3, 0.4) is 0 Å². The molecule has 2 aromatic rings. The summed E-state index contributed by atoms with van der Waals surface area (Å²) in [7, 11) is 1.78. The Morgan fingerprint density at radius 2 is 2.15 bits per heavy atom. The number of hydrogen-bond donors (Lipinski definition) is 1. The molecule has 1 heterocycles. The Hall–Kier alpha value is -2.30. The van der Waals surface area contributed by atoms with Crippen LogP contribution in [0.4, 0.5) is 0 Å². The molecule has 1 aliphatic rings. The van der Waals surface area contributed by atoms with Crippen LogP contribution in [0.1, 0.15) is 28.8 Å². The van der Waals surface area contributed by atoms with Crippen LogP contribution < -0.4 is 10.1 Å². The number of carbonyl (C=O) groups excluding carboxylic acids is 1. The zero-order valence-electron chi connectivity index (χ0n) is 11.4. The number of aryl methyl sites for hydroxylation is 1. The number of aromatic nitrogens is 2. The van der Waals surface area contributed by atoms with Gasteiger partial charge in [0.15, 0.2) is 0 Å². The highest BCUT2D eigenvalue weighted by Gasteiger charge is 2.26. The maximum absolute atomic E-state index is 12.1. The molecule has 0 atom stereocenters. The predicted octanol–water partition coefficient (Wildman–Crippen LogP) is 1.89. The molecule has 1 aromatic heterocycles. The average Bonchev–Trinajstić information content (AvgIpc) is 3.18. The van der Waals surface area contributed by atoms with Gasteiger partial charge in [-0.2, -0.15) is 0 Å². The molecule has 20 heavy (non-hydrogen) atoms. The highest BCUT2D eigenvalue weighted by atomic mass is 16.5. The van der Waals surface area contributed by atoms with Crippen molar-refractivity contribution in [2.45, 2.75) is 25.5 Å². The van der Waals surface area contributed by atoms with E-state index in [1.165, 1.54) is 0 Å². The maximum Gasteiger partial charge on any atom is 0.258 e. The van der Waals surface area contributed by atoms with E-state index in [1.807, 2.05) is 30.3 Å². The minimum absolute atomic E-state index is 0.108. The van der Waals surface area contributed by atoms with E-state index in [9.17, 15) is 4.79 Å². The van der Waals surface area contributed by atoms with E-state index in [2.05, 4.69) is 10.4 Å². The Bertz CT molecular complexity index is 603. The molecular weight excluding hydrogens is 254 g/mol. The maximum atomic E-state index is 12.1. The van der Waals surface area contributed by atoms with Gasteiger partial charge in [0, 0.05) is 19.3 Å². The Morgan fingerprint density at radius 3 is 2.85 bits per heavy atom. The number of rotatable bonds is 5. The lowest BCUT2D eigenvalue weighted by Gasteiger charge is -2.06. The van der Waals surface area contributed by atoms with Crippen molar-refractivity contribution in [2.75, 3.05) is 0 Å². The molecule has 1 N–H and O–H groups in total. The summed E-state index contributed by atoms with van der Waals surface area (Å²) in [6, 6.07) is 10.2. The van der Waals surface area contributed by atoms with E-state index in [1.54, 1.807) is 17.9 Å². The van der Waals surface area contributed by atoms with Gasteiger partial charge in [-0.25, -0.2) is 0 Å². The van der Waals surface area contributed by atoms with Crippen molar-refractivity contribution in [3.8, 4) is 5.88 Å². The first-order chi connectivity index (χ1) is 9.72. The fourth-order valence-corrected chi connectivity index (χ4v) is 1.95. The molecule has 0 spiro atoms. The summed E-state index contributed by atoms with van der Waals surface area (Å²) in [5.41, 5.74) is 1.54. The van der Waals surface area contributed by atoms with E-state index in [4.69, 9.17) is 4.74 Å². The van der Waals surface area contributed by atoms with Gasteiger partial charge in [0.2, 0.25) is 5.88 Å². The van der Waals surface area contributed by atoms with Crippen molar-refractivity contribution in [3.05, 3.63) is 47.7 Å². The number of hydrogen-bond acceptors (Lipinski definition) is 3.